The minimum Gasteiger partial charge on any atom is -0.368 e. The monoisotopic (exact) mass is 354 g/mol. The quantitative estimate of drug-likeness (QED) is 0.784. The average Bonchev–Trinajstić information content (AvgIpc) is 2.65. The first-order valence-electron chi connectivity index (χ1n) is 9.07. The van der Waals surface area contributed by atoms with E-state index in [1.54, 1.807) is 0 Å². The van der Waals surface area contributed by atoms with E-state index in [9.17, 15) is 4.79 Å². The summed E-state index contributed by atoms with van der Waals surface area (Å²) in [6.07, 6.45) is 2.56. The summed E-state index contributed by atoms with van der Waals surface area (Å²) in [7, 11) is 0. The summed E-state index contributed by atoms with van der Waals surface area (Å²) < 4.78 is 0. The fourth-order valence-electron chi connectivity index (χ4n) is 3.21. The maximum absolute atomic E-state index is 12.4. The summed E-state index contributed by atoms with van der Waals surface area (Å²) >= 11 is 0. The molecule has 7 heteroatoms. The van der Waals surface area contributed by atoms with E-state index >= 15 is 0 Å². The van der Waals surface area contributed by atoms with Crippen LogP contribution in [0.5, 0.6) is 0 Å². The van der Waals surface area contributed by atoms with Crippen LogP contribution in [0.2, 0.25) is 0 Å². The van der Waals surface area contributed by atoms with Gasteiger partial charge in [0.25, 0.3) is 0 Å². The molecule has 1 aromatic carbocycles. The summed E-state index contributed by atoms with van der Waals surface area (Å²) in [5, 5.41) is 6.42. The first-order valence-corrected chi connectivity index (χ1v) is 9.07. The van der Waals surface area contributed by atoms with Crippen LogP contribution in [0.25, 0.3) is 0 Å². The van der Waals surface area contributed by atoms with Gasteiger partial charge in [-0.25, -0.2) is 9.78 Å². The number of rotatable bonds is 4. The highest BCUT2D eigenvalue weighted by Gasteiger charge is 2.23. The van der Waals surface area contributed by atoms with Crippen molar-refractivity contribution in [2.24, 2.45) is 0 Å². The van der Waals surface area contributed by atoms with Gasteiger partial charge in [-0.2, -0.15) is 4.98 Å². The van der Waals surface area contributed by atoms with Crippen molar-refractivity contribution in [2.45, 2.75) is 39.2 Å². The number of nitrogens with one attached hydrogen (secondary N) is 2. The molecule has 2 heterocycles. The lowest BCUT2D eigenvalue weighted by atomic mass is 10.0. The Morgan fingerprint density at radius 1 is 1.23 bits per heavy atom. The molecule has 0 saturated carbocycles. The average molecular weight is 354 g/mol. The number of amides is 2. The molecule has 2 aromatic rings. The minimum atomic E-state index is -0.0506. The van der Waals surface area contributed by atoms with Gasteiger partial charge in [0, 0.05) is 30.4 Å². The molecule has 0 atom stereocenters. The molecule has 0 spiro atoms. The van der Waals surface area contributed by atoms with Gasteiger partial charge in [0.2, 0.25) is 5.95 Å². The van der Waals surface area contributed by atoms with E-state index in [0.717, 1.165) is 42.0 Å². The van der Waals surface area contributed by atoms with Crippen LogP contribution in [0, 0.1) is 6.92 Å². The number of nitrogens with zero attached hydrogens (tertiary/aromatic N) is 3. The van der Waals surface area contributed by atoms with Crippen LogP contribution >= 0.6 is 0 Å². The van der Waals surface area contributed by atoms with Gasteiger partial charge in [0.1, 0.15) is 5.82 Å². The number of benzene rings is 1. The lowest BCUT2D eigenvalue weighted by Gasteiger charge is -2.33. The topological polar surface area (TPSA) is 96.2 Å². The van der Waals surface area contributed by atoms with E-state index in [2.05, 4.69) is 27.5 Å². The van der Waals surface area contributed by atoms with Gasteiger partial charge in [-0.1, -0.05) is 25.1 Å². The van der Waals surface area contributed by atoms with E-state index in [4.69, 9.17) is 5.73 Å². The number of piperidine rings is 1. The Labute approximate surface area is 154 Å². The number of hydrogen-bond donors (Lipinski definition) is 3. The second-order valence-electron chi connectivity index (χ2n) is 6.56. The maximum Gasteiger partial charge on any atom is 0.321 e. The Morgan fingerprint density at radius 2 is 1.92 bits per heavy atom. The van der Waals surface area contributed by atoms with Crippen molar-refractivity contribution in [3.05, 3.63) is 41.6 Å². The number of para-hydroxylation sites is 1. The molecule has 2 amide bonds. The molecule has 3 rings (SSSR count). The number of carbonyl (C=O) groups is 1. The summed E-state index contributed by atoms with van der Waals surface area (Å²) in [6, 6.07) is 9.75. The number of nitrogens with two attached hydrogens (primary N) is 1. The summed E-state index contributed by atoms with van der Waals surface area (Å²) in [5.74, 6) is 1.11. The van der Waals surface area contributed by atoms with E-state index in [1.807, 2.05) is 42.2 Å². The molecule has 1 aliphatic rings. The largest absolute Gasteiger partial charge is 0.368 e. The Kier molecular flexibility index (Phi) is 5.55. The summed E-state index contributed by atoms with van der Waals surface area (Å²) in [6.45, 7) is 5.48. The highest BCUT2D eigenvalue weighted by atomic mass is 16.2. The Balaban J connectivity index is 1.56. The summed E-state index contributed by atoms with van der Waals surface area (Å²) in [4.78, 5) is 22.9. The molecule has 1 fully saturated rings. The zero-order valence-corrected chi connectivity index (χ0v) is 15.3. The van der Waals surface area contributed by atoms with E-state index in [0.29, 0.717) is 19.0 Å². The van der Waals surface area contributed by atoms with E-state index in [1.165, 1.54) is 0 Å². The van der Waals surface area contributed by atoms with Crippen molar-refractivity contribution in [1.82, 2.24) is 14.9 Å². The molecule has 0 bridgehead atoms. The van der Waals surface area contributed by atoms with Gasteiger partial charge in [0.05, 0.1) is 5.69 Å². The number of aromatic nitrogens is 2. The van der Waals surface area contributed by atoms with E-state index < -0.39 is 0 Å². The van der Waals surface area contributed by atoms with Gasteiger partial charge in [-0.15, -0.1) is 0 Å². The van der Waals surface area contributed by atoms with Crippen LogP contribution in [0.1, 0.15) is 31.0 Å². The number of nitrogen functional groups attached to an aromatic ring is 1. The maximum atomic E-state index is 12.4. The third-order valence-electron chi connectivity index (χ3n) is 4.75. The second kappa shape index (κ2) is 8.03. The fraction of sp³-hybridized carbons (Fsp3) is 0.421. The van der Waals surface area contributed by atoms with Crippen LogP contribution < -0.4 is 16.4 Å². The Bertz CT molecular complexity index is 756. The Morgan fingerprint density at radius 3 is 2.58 bits per heavy atom. The smallest absolute Gasteiger partial charge is 0.321 e. The molecule has 1 aromatic heterocycles. The van der Waals surface area contributed by atoms with Crippen LogP contribution in [0.3, 0.4) is 0 Å². The number of hydrogen-bond acceptors (Lipinski definition) is 5. The standard InChI is InChI=1S/C19H26N6O/c1-3-16-13(2)17(24-18(20)23-16)21-15-9-11-25(12-10-15)19(26)22-14-7-5-4-6-8-14/h4-8,15H,3,9-12H2,1-2H3,(H,22,26)(H3,20,21,23,24). The molecule has 4 N–H and O–H groups in total. The fourth-order valence-corrected chi connectivity index (χ4v) is 3.21. The van der Waals surface area contributed by atoms with Crippen LogP contribution in [-0.2, 0) is 6.42 Å². The lowest BCUT2D eigenvalue weighted by Crippen LogP contribution is -2.44. The predicted octanol–water partition coefficient (Wildman–Crippen LogP) is 3.04. The second-order valence-corrected chi connectivity index (χ2v) is 6.56. The number of anilines is 3. The summed E-state index contributed by atoms with van der Waals surface area (Å²) in [5.41, 5.74) is 8.66. The minimum absolute atomic E-state index is 0.0506. The molecule has 0 unspecified atom stereocenters. The van der Waals surface area contributed by atoms with Crippen molar-refractivity contribution in [3.63, 3.8) is 0 Å². The zero-order valence-electron chi connectivity index (χ0n) is 15.3. The van der Waals surface area contributed by atoms with Crippen LogP contribution in [0.15, 0.2) is 30.3 Å². The SMILES string of the molecule is CCc1nc(N)nc(NC2CCN(C(=O)Nc3ccccc3)CC2)c1C. The lowest BCUT2D eigenvalue weighted by molar-refractivity contribution is 0.197. The molecule has 26 heavy (non-hydrogen) atoms. The predicted molar refractivity (Wildman–Crippen MR) is 104 cm³/mol. The van der Waals surface area contributed by atoms with Gasteiger partial charge in [-0.3, -0.25) is 0 Å². The number of carbonyl (C=O) groups excluding carboxylic acids is 1. The normalized spacial score (nSPS) is 14.9. The molecule has 1 aliphatic heterocycles. The van der Waals surface area contributed by atoms with Crippen molar-refractivity contribution in [1.29, 1.82) is 0 Å². The van der Waals surface area contributed by atoms with Crippen molar-refractivity contribution < 1.29 is 4.79 Å². The molecular formula is C19H26N6O. The van der Waals surface area contributed by atoms with Gasteiger partial charge in [0.15, 0.2) is 0 Å². The van der Waals surface area contributed by atoms with Crippen molar-refractivity contribution >= 4 is 23.5 Å². The molecule has 7 nitrogen and oxygen atoms in total. The number of urea groups is 1. The van der Waals surface area contributed by atoms with Crippen LogP contribution in [0.4, 0.5) is 22.2 Å². The third-order valence-corrected chi connectivity index (χ3v) is 4.75. The molecular weight excluding hydrogens is 328 g/mol. The molecule has 0 radical (unpaired) electrons. The van der Waals surface area contributed by atoms with Crippen molar-refractivity contribution in [3.8, 4) is 0 Å². The van der Waals surface area contributed by atoms with Gasteiger partial charge >= 0.3 is 6.03 Å². The van der Waals surface area contributed by atoms with Gasteiger partial charge < -0.3 is 21.3 Å². The first-order chi connectivity index (χ1) is 12.6. The highest BCUT2D eigenvalue weighted by molar-refractivity contribution is 5.89. The van der Waals surface area contributed by atoms with E-state index in [-0.39, 0.29) is 12.1 Å². The highest BCUT2D eigenvalue weighted by Crippen LogP contribution is 2.21. The molecule has 1 saturated heterocycles. The number of likely N-dealkylation sites (tertiary alicyclic amines) is 1. The first kappa shape index (κ1) is 18.0. The van der Waals surface area contributed by atoms with Crippen molar-refractivity contribution in [2.75, 3.05) is 29.5 Å². The molecule has 138 valence electrons. The zero-order chi connectivity index (χ0) is 18.5. The Hall–Kier alpha value is -2.83. The van der Waals surface area contributed by atoms with Crippen LogP contribution in [-0.4, -0.2) is 40.0 Å². The number of aryl methyl sites for hydroxylation is 1. The van der Waals surface area contributed by atoms with Gasteiger partial charge in [-0.05, 0) is 38.3 Å². The molecule has 0 aliphatic carbocycles. The third kappa shape index (κ3) is 4.22.